The molecule has 3 fully saturated rings. The van der Waals surface area contributed by atoms with Gasteiger partial charge in [-0.25, -0.2) is 9.78 Å². The van der Waals surface area contributed by atoms with Gasteiger partial charge in [0.25, 0.3) is 0 Å². The molecule has 1 aliphatic heterocycles. The molecule has 3 atom stereocenters. The maximum Gasteiger partial charge on any atom is 0.350 e. The van der Waals surface area contributed by atoms with Crippen LogP contribution in [0.15, 0.2) is 12.7 Å². The maximum absolute atomic E-state index is 13.2. The molecule has 1 N–H and O–H groups in total. The average molecular weight is 421 g/mol. The van der Waals surface area contributed by atoms with E-state index in [1.807, 2.05) is 0 Å². The van der Waals surface area contributed by atoms with Gasteiger partial charge in [0, 0.05) is 0 Å². The lowest BCUT2D eigenvalue weighted by atomic mass is 9.75. The van der Waals surface area contributed by atoms with E-state index in [0.29, 0.717) is 47.9 Å². The van der Waals surface area contributed by atoms with Crippen LogP contribution in [-0.4, -0.2) is 42.5 Å². The summed E-state index contributed by atoms with van der Waals surface area (Å²) in [5.41, 5.74) is 0.319. The minimum Gasteiger partial charge on any atom is -0.462 e. The van der Waals surface area contributed by atoms with Crippen molar-refractivity contribution >= 4 is 28.3 Å². The lowest BCUT2D eigenvalue weighted by Gasteiger charge is -2.34. The number of rotatable bonds is 8. The molecule has 2 heterocycles. The molecule has 0 spiro atoms. The van der Waals surface area contributed by atoms with E-state index in [-0.39, 0.29) is 29.5 Å². The summed E-state index contributed by atoms with van der Waals surface area (Å²) in [6, 6.07) is 0. The van der Waals surface area contributed by atoms with Crippen LogP contribution >= 0.6 is 11.3 Å². The number of carbonyl (C=O) groups is 2. The number of thiazole rings is 1. The summed E-state index contributed by atoms with van der Waals surface area (Å²) in [5.74, 6) is -0.0723. The van der Waals surface area contributed by atoms with Gasteiger partial charge in [-0.1, -0.05) is 17.4 Å². The number of esters is 1. The number of hydrogen-bond acceptors (Lipinski definition) is 7. The van der Waals surface area contributed by atoms with E-state index in [1.165, 1.54) is 11.3 Å². The minimum atomic E-state index is -0.387. The molecule has 1 aromatic rings. The fourth-order valence-electron chi connectivity index (χ4n) is 4.53. The van der Waals surface area contributed by atoms with E-state index in [9.17, 15) is 9.59 Å². The van der Waals surface area contributed by atoms with Crippen molar-refractivity contribution in [2.24, 2.45) is 11.3 Å². The molecular weight excluding hydrogens is 392 g/mol. The summed E-state index contributed by atoms with van der Waals surface area (Å²) in [6.07, 6.45) is 7.96. The van der Waals surface area contributed by atoms with Gasteiger partial charge >= 0.3 is 5.97 Å². The van der Waals surface area contributed by atoms with Crippen molar-refractivity contribution in [2.45, 2.75) is 64.1 Å². The van der Waals surface area contributed by atoms with Crippen LogP contribution < -0.4 is 5.32 Å². The predicted octanol–water partition coefficient (Wildman–Crippen LogP) is 3.70. The van der Waals surface area contributed by atoms with Crippen LogP contribution in [0.3, 0.4) is 0 Å². The van der Waals surface area contributed by atoms with Crippen LogP contribution in [0, 0.1) is 11.3 Å². The van der Waals surface area contributed by atoms with E-state index in [4.69, 9.17) is 14.2 Å². The van der Waals surface area contributed by atoms with Crippen LogP contribution in [0.1, 0.15) is 60.8 Å². The zero-order valence-corrected chi connectivity index (χ0v) is 17.6. The average Bonchev–Trinajstić information content (AvgIpc) is 3.23. The van der Waals surface area contributed by atoms with E-state index in [1.54, 1.807) is 13.0 Å². The van der Waals surface area contributed by atoms with Crippen molar-refractivity contribution in [3.63, 3.8) is 0 Å². The zero-order valence-electron chi connectivity index (χ0n) is 16.8. The number of hydrogen-bond donors (Lipinski definition) is 1. The standard InChI is InChI=1S/C21H28N2O5S/c1-3-5-6-14-17(18(24)26-4-2)29-20(22-14)23-19(25)21(9-10-21)13-7-8-15-16(11-13)28-12-27-15/h3,13,15-16H,1,4-12H2,2H3,(H,22,23,25)/t13?,15?,16-/m1/s1. The van der Waals surface area contributed by atoms with E-state index < -0.39 is 0 Å². The number of fused-ring (bicyclic) bond motifs is 1. The second-order valence-electron chi connectivity index (χ2n) is 7.99. The van der Waals surface area contributed by atoms with Crippen molar-refractivity contribution in [3.8, 4) is 0 Å². The smallest absolute Gasteiger partial charge is 0.350 e. The molecule has 1 saturated heterocycles. The van der Waals surface area contributed by atoms with Crippen LogP contribution in [0.2, 0.25) is 0 Å². The highest BCUT2D eigenvalue weighted by Gasteiger charge is 2.57. The first-order valence-corrected chi connectivity index (χ1v) is 11.2. The molecule has 0 aromatic carbocycles. The van der Waals surface area contributed by atoms with Crippen molar-refractivity contribution in [3.05, 3.63) is 23.2 Å². The normalized spacial score (nSPS) is 27.1. The SMILES string of the molecule is C=CCCc1nc(NC(=O)C2(C3CCC4OCO[C@@H]4C3)CC2)sc1C(=O)OCC. The van der Waals surface area contributed by atoms with Crippen molar-refractivity contribution in [1.29, 1.82) is 0 Å². The van der Waals surface area contributed by atoms with Gasteiger partial charge in [-0.15, -0.1) is 6.58 Å². The third kappa shape index (κ3) is 4.11. The van der Waals surface area contributed by atoms with Crippen LogP contribution in [-0.2, 0) is 25.4 Å². The molecule has 1 aromatic heterocycles. The molecule has 3 aliphatic rings. The summed E-state index contributed by atoms with van der Waals surface area (Å²) in [4.78, 5) is 30.4. The number of amides is 1. The van der Waals surface area contributed by atoms with Gasteiger partial charge in [0.05, 0.1) is 29.9 Å². The zero-order chi connectivity index (χ0) is 20.4. The Morgan fingerprint density at radius 3 is 2.86 bits per heavy atom. The lowest BCUT2D eigenvalue weighted by molar-refractivity contribution is -0.124. The second kappa shape index (κ2) is 8.53. The molecule has 158 valence electrons. The van der Waals surface area contributed by atoms with E-state index in [2.05, 4.69) is 16.9 Å². The Morgan fingerprint density at radius 2 is 2.14 bits per heavy atom. The molecule has 0 bridgehead atoms. The molecule has 29 heavy (non-hydrogen) atoms. The lowest BCUT2D eigenvalue weighted by Crippen LogP contribution is -2.39. The molecule has 4 rings (SSSR count). The topological polar surface area (TPSA) is 86.8 Å². The monoisotopic (exact) mass is 420 g/mol. The number of allylic oxidation sites excluding steroid dienone is 1. The first kappa shape index (κ1) is 20.5. The molecule has 0 radical (unpaired) electrons. The fourth-order valence-corrected chi connectivity index (χ4v) is 5.43. The summed E-state index contributed by atoms with van der Waals surface area (Å²) < 4.78 is 16.4. The molecule has 2 saturated carbocycles. The molecule has 2 aliphatic carbocycles. The van der Waals surface area contributed by atoms with Gasteiger partial charge in [0.15, 0.2) is 5.13 Å². The number of nitrogens with one attached hydrogen (secondary N) is 1. The van der Waals surface area contributed by atoms with Crippen LogP contribution in [0.25, 0.3) is 0 Å². The highest BCUT2D eigenvalue weighted by molar-refractivity contribution is 7.17. The molecule has 8 heteroatoms. The first-order valence-electron chi connectivity index (χ1n) is 10.4. The van der Waals surface area contributed by atoms with Crippen molar-refractivity contribution in [1.82, 2.24) is 4.98 Å². The van der Waals surface area contributed by atoms with Gasteiger partial charge < -0.3 is 19.5 Å². The summed E-state index contributed by atoms with van der Waals surface area (Å²) in [7, 11) is 0. The Bertz CT molecular complexity index is 788. The minimum absolute atomic E-state index is 0.0132. The number of aromatic nitrogens is 1. The summed E-state index contributed by atoms with van der Waals surface area (Å²) in [6.45, 7) is 6.17. The molecular formula is C21H28N2O5S. The van der Waals surface area contributed by atoms with E-state index >= 15 is 0 Å². The number of anilines is 1. The largest absolute Gasteiger partial charge is 0.462 e. The Labute approximate surface area is 174 Å². The third-order valence-electron chi connectivity index (χ3n) is 6.28. The van der Waals surface area contributed by atoms with Crippen molar-refractivity contribution in [2.75, 3.05) is 18.7 Å². The first-order chi connectivity index (χ1) is 14.1. The van der Waals surface area contributed by atoms with Crippen molar-refractivity contribution < 1.29 is 23.8 Å². The highest BCUT2D eigenvalue weighted by Crippen LogP contribution is 2.57. The molecule has 1 amide bonds. The van der Waals surface area contributed by atoms with Crippen LogP contribution in [0.5, 0.6) is 0 Å². The predicted molar refractivity (Wildman–Crippen MR) is 109 cm³/mol. The van der Waals surface area contributed by atoms with Gasteiger partial charge in [-0.3, -0.25) is 4.79 Å². The Hall–Kier alpha value is -1.77. The maximum atomic E-state index is 13.2. The summed E-state index contributed by atoms with van der Waals surface area (Å²) >= 11 is 1.20. The summed E-state index contributed by atoms with van der Waals surface area (Å²) in [5, 5.41) is 3.47. The Balaban J connectivity index is 1.46. The Kier molecular flexibility index (Phi) is 6.03. The molecule has 2 unspecified atom stereocenters. The van der Waals surface area contributed by atoms with Gasteiger partial charge in [0.2, 0.25) is 5.91 Å². The number of carbonyl (C=O) groups excluding carboxylic acids is 2. The third-order valence-corrected chi connectivity index (χ3v) is 7.27. The van der Waals surface area contributed by atoms with Gasteiger partial charge in [-0.2, -0.15) is 0 Å². The van der Waals surface area contributed by atoms with Gasteiger partial charge in [-0.05, 0) is 57.8 Å². The quantitative estimate of drug-likeness (QED) is 0.510. The number of aryl methyl sites for hydroxylation is 1. The fraction of sp³-hybridized carbons (Fsp3) is 0.667. The molecule has 7 nitrogen and oxygen atoms in total. The van der Waals surface area contributed by atoms with Crippen LogP contribution in [0.4, 0.5) is 5.13 Å². The highest BCUT2D eigenvalue weighted by atomic mass is 32.1. The number of ether oxygens (including phenoxy) is 3. The second-order valence-corrected chi connectivity index (χ2v) is 8.99. The van der Waals surface area contributed by atoms with E-state index in [0.717, 1.165) is 32.1 Å². The Morgan fingerprint density at radius 1 is 1.34 bits per heavy atom. The van der Waals surface area contributed by atoms with Gasteiger partial charge in [0.1, 0.15) is 11.7 Å². The number of nitrogens with zero attached hydrogens (tertiary/aromatic N) is 1.